The van der Waals surface area contributed by atoms with E-state index >= 15 is 0 Å². The molecule has 9 heteroatoms. The van der Waals surface area contributed by atoms with Gasteiger partial charge < -0.3 is 15.8 Å². The monoisotopic (exact) mass is 439 g/mol. The highest BCUT2D eigenvalue weighted by molar-refractivity contribution is 7.92. The number of aryl methyl sites for hydroxylation is 1. The lowest BCUT2D eigenvalue weighted by Gasteiger charge is -2.14. The lowest BCUT2D eigenvalue weighted by molar-refractivity contribution is 0.0997. The van der Waals surface area contributed by atoms with E-state index in [1.165, 1.54) is 49.6 Å². The van der Waals surface area contributed by atoms with Crippen molar-refractivity contribution >= 4 is 33.2 Å². The predicted octanol–water partition coefficient (Wildman–Crippen LogP) is 3.16. The molecular weight excluding hydrogens is 418 g/mol. The SMILES string of the molecule is COc1ccc(S(=O)(=O)Nc2ccc(C(N)=O)cc2)cc1NC(=O)c1ccccc1C. The summed E-state index contributed by atoms with van der Waals surface area (Å²) in [6.07, 6.45) is 0. The molecule has 3 aromatic carbocycles. The van der Waals surface area contributed by atoms with Crippen molar-refractivity contribution in [2.45, 2.75) is 11.8 Å². The number of nitrogens with one attached hydrogen (secondary N) is 2. The first-order chi connectivity index (χ1) is 14.7. The standard InChI is InChI=1S/C22H21N3O5S/c1-14-5-3-4-6-18(14)22(27)24-19-13-17(11-12-20(19)30-2)31(28,29)25-16-9-7-15(8-10-16)21(23)26/h3-13,25H,1-2H3,(H2,23,26)(H,24,27). The second kappa shape index (κ2) is 8.88. The van der Waals surface area contributed by atoms with E-state index in [-0.39, 0.29) is 27.7 Å². The molecule has 0 aliphatic rings. The van der Waals surface area contributed by atoms with Crippen LogP contribution in [0.3, 0.4) is 0 Å². The fourth-order valence-corrected chi connectivity index (χ4v) is 3.97. The van der Waals surface area contributed by atoms with Gasteiger partial charge in [-0.15, -0.1) is 0 Å². The zero-order valence-electron chi connectivity index (χ0n) is 16.9. The molecule has 0 fully saturated rings. The quantitative estimate of drug-likeness (QED) is 0.521. The van der Waals surface area contributed by atoms with Crippen molar-refractivity contribution in [1.29, 1.82) is 0 Å². The minimum Gasteiger partial charge on any atom is -0.495 e. The second-order valence-electron chi connectivity index (χ2n) is 6.68. The van der Waals surface area contributed by atoms with Crippen LogP contribution in [0.4, 0.5) is 11.4 Å². The number of rotatable bonds is 7. The summed E-state index contributed by atoms with van der Waals surface area (Å²) in [6, 6.07) is 16.9. The van der Waals surface area contributed by atoms with Gasteiger partial charge in [-0.25, -0.2) is 8.42 Å². The van der Waals surface area contributed by atoms with Crippen molar-refractivity contribution < 1.29 is 22.7 Å². The third-order valence-corrected chi connectivity index (χ3v) is 5.92. The molecule has 0 spiro atoms. The molecule has 0 bridgehead atoms. The van der Waals surface area contributed by atoms with E-state index < -0.39 is 15.9 Å². The van der Waals surface area contributed by atoms with Crippen LogP contribution in [0.25, 0.3) is 0 Å². The Labute approximate surface area is 180 Å². The molecular formula is C22H21N3O5S. The first-order valence-corrected chi connectivity index (χ1v) is 10.7. The minimum atomic E-state index is -3.98. The van der Waals surface area contributed by atoms with Crippen LogP contribution in [-0.2, 0) is 10.0 Å². The van der Waals surface area contributed by atoms with Crippen molar-refractivity contribution in [2.24, 2.45) is 5.73 Å². The number of hydrogen-bond donors (Lipinski definition) is 3. The summed E-state index contributed by atoms with van der Waals surface area (Å²) in [5, 5.41) is 2.71. The number of sulfonamides is 1. The molecule has 0 atom stereocenters. The van der Waals surface area contributed by atoms with Crippen LogP contribution in [0.1, 0.15) is 26.3 Å². The number of carbonyl (C=O) groups excluding carboxylic acids is 2. The molecule has 8 nitrogen and oxygen atoms in total. The maximum atomic E-state index is 12.8. The third kappa shape index (κ3) is 5.01. The van der Waals surface area contributed by atoms with Gasteiger partial charge in [-0.05, 0) is 61.0 Å². The Kier molecular flexibility index (Phi) is 6.26. The van der Waals surface area contributed by atoms with Gasteiger partial charge in [-0.2, -0.15) is 0 Å². The number of anilines is 2. The van der Waals surface area contributed by atoms with Gasteiger partial charge in [0.25, 0.3) is 15.9 Å². The second-order valence-corrected chi connectivity index (χ2v) is 8.36. The fraction of sp³-hybridized carbons (Fsp3) is 0.0909. The van der Waals surface area contributed by atoms with Crippen LogP contribution < -0.4 is 20.5 Å². The molecule has 0 aromatic heterocycles. The maximum absolute atomic E-state index is 12.8. The highest BCUT2D eigenvalue weighted by Gasteiger charge is 2.19. The molecule has 3 rings (SSSR count). The summed E-state index contributed by atoms with van der Waals surface area (Å²) in [4.78, 5) is 23.8. The fourth-order valence-electron chi connectivity index (χ4n) is 2.89. The van der Waals surface area contributed by atoms with Crippen LogP contribution in [0.2, 0.25) is 0 Å². The lowest BCUT2D eigenvalue weighted by Crippen LogP contribution is -2.16. The number of carbonyl (C=O) groups is 2. The Morgan fingerprint density at radius 1 is 0.968 bits per heavy atom. The summed E-state index contributed by atoms with van der Waals surface area (Å²) < 4.78 is 33.3. The Balaban J connectivity index is 1.88. The van der Waals surface area contributed by atoms with Gasteiger partial charge in [-0.1, -0.05) is 18.2 Å². The Morgan fingerprint density at radius 2 is 1.65 bits per heavy atom. The van der Waals surface area contributed by atoms with E-state index in [0.29, 0.717) is 11.3 Å². The van der Waals surface area contributed by atoms with Crippen molar-refractivity contribution in [3.05, 3.63) is 83.4 Å². The van der Waals surface area contributed by atoms with Crippen LogP contribution in [0.15, 0.2) is 71.6 Å². The molecule has 0 aliphatic carbocycles. The molecule has 0 radical (unpaired) electrons. The first kappa shape index (κ1) is 21.8. The smallest absolute Gasteiger partial charge is 0.261 e. The Bertz CT molecular complexity index is 1240. The summed E-state index contributed by atoms with van der Waals surface area (Å²) in [5.74, 6) is -0.689. The van der Waals surface area contributed by atoms with Gasteiger partial charge >= 0.3 is 0 Å². The van der Waals surface area contributed by atoms with E-state index in [1.807, 2.05) is 6.07 Å². The molecule has 160 valence electrons. The predicted molar refractivity (Wildman–Crippen MR) is 118 cm³/mol. The number of amides is 2. The van der Waals surface area contributed by atoms with E-state index in [2.05, 4.69) is 10.0 Å². The number of hydrogen-bond acceptors (Lipinski definition) is 5. The van der Waals surface area contributed by atoms with Crippen molar-refractivity contribution in [3.63, 3.8) is 0 Å². The van der Waals surface area contributed by atoms with Crippen LogP contribution >= 0.6 is 0 Å². The normalized spacial score (nSPS) is 10.9. The number of benzene rings is 3. The summed E-state index contributed by atoms with van der Waals surface area (Å²) in [6.45, 7) is 1.81. The minimum absolute atomic E-state index is 0.0765. The van der Waals surface area contributed by atoms with Crippen LogP contribution in [-0.4, -0.2) is 27.3 Å². The molecule has 31 heavy (non-hydrogen) atoms. The number of primary amides is 1. The molecule has 2 amide bonds. The van der Waals surface area contributed by atoms with Gasteiger partial charge in [0.05, 0.1) is 17.7 Å². The van der Waals surface area contributed by atoms with E-state index in [0.717, 1.165) is 5.56 Å². The summed E-state index contributed by atoms with van der Waals surface area (Å²) in [7, 11) is -2.55. The average molecular weight is 439 g/mol. The average Bonchev–Trinajstić information content (AvgIpc) is 2.74. The van der Waals surface area contributed by atoms with Crippen molar-refractivity contribution in [2.75, 3.05) is 17.1 Å². The molecule has 0 aliphatic heterocycles. The first-order valence-electron chi connectivity index (χ1n) is 9.19. The molecule has 0 unspecified atom stereocenters. The van der Waals surface area contributed by atoms with Gasteiger partial charge in [0, 0.05) is 16.8 Å². The molecule has 3 aromatic rings. The maximum Gasteiger partial charge on any atom is 0.261 e. The highest BCUT2D eigenvalue weighted by Crippen LogP contribution is 2.29. The molecule has 0 saturated carbocycles. The Hall–Kier alpha value is -3.85. The number of methoxy groups -OCH3 is 1. The van der Waals surface area contributed by atoms with E-state index in [4.69, 9.17) is 10.5 Å². The van der Waals surface area contributed by atoms with Crippen LogP contribution in [0.5, 0.6) is 5.75 Å². The van der Waals surface area contributed by atoms with Gasteiger partial charge in [-0.3, -0.25) is 14.3 Å². The van der Waals surface area contributed by atoms with Gasteiger partial charge in [0.15, 0.2) is 0 Å². The summed E-state index contributed by atoms with van der Waals surface area (Å²) in [5.41, 5.74) is 7.16. The van der Waals surface area contributed by atoms with E-state index in [1.54, 1.807) is 25.1 Å². The largest absolute Gasteiger partial charge is 0.495 e. The third-order valence-electron chi connectivity index (χ3n) is 4.54. The van der Waals surface area contributed by atoms with Crippen molar-refractivity contribution in [1.82, 2.24) is 0 Å². The van der Waals surface area contributed by atoms with Crippen molar-refractivity contribution in [3.8, 4) is 5.75 Å². The lowest BCUT2D eigenvalue weighted by atomic mass is 10.1. The number of nitrogens with two attached hydrogens (primary N) is 1. The zero-order chi connectivity index (χ0) is 22.6. The zero-order valence-corrected chi connectivity index (χ0v) is 17.7. The molecule has 0 saturated heterocycles. The summed E-state index contributed by atoms with van der Waals surface area (Å²) >= 11 is 0. The Morgan fingerprint density at radius 3 is 2.26 bits per heavy atom. The molecule has 4 N–H and O–H groups in total. The van der Waals surface area contributed by atoms with Gasteiger partial charge in [0.2, 0.25) is 5.91 Å². The van der Waals surface area contributed by atoms with Gasteiger partial charge in [0.1, 0.15) is 5.75 Å². The van der Waals surface area contributed by atoms with E-state index in [9.17, 15) is 18.0 Å². The molecule has 0 heterocycles. The highest BCUT2D eigenvalue weighted by atomic mass is 32.2. The topological polar surface area (TPSA) is 128 Å². The van der Waals surface area contributed by atoms with Crippen LogP contribution in [0, 0.1) is 6.92 Å². The number of ether oxygens (including phenoxy) is 1.